The predicted molar refractivity (Wildman–Crippen MR) is 75.7 cm³/mol. The van der Waals surface area contributed by atoms with Gasteiger partial charge in [0, 0.05) is 17.5 Å². The Morgan fingerprint density at radius 1 is 1.05 bits per heavy atom. The third-order valence-corrected chi connectivity index (χ3v) is 3.13. The largest absolute Gasteiger partial charge is 0.326 e. The lowest BCUT2D eigenvalue weighted by atomic mass is 10.0. The van der Waals surface area contributed by atoms with Gasteiger partial charge in [0.25, 0.3) is 5.56 Å². The summed E-state index contributed by atoms with van der Waals surface area (Å²) in [6.45, 7) is 0.481. The van der Waals surface area contributed by atoms with Crippen molar-refractivity contribution in [2.45, 2.75) is 6.54 Å². The standard InChI is InChI=1S/C15H13N3O/c16-9-10-4-3-5-11(8-10)14-12-6-1-2-7-13(12)15(19)18-17-14/h1-8H,9,16H2,(H,18,19). The molecule has 0 fully saturated rings. The van der Waals surface area contributed by atoms with Crippen LogP contribution in [0.5, 0.6) is 0 Å². The summed E-state index contributed by atoms with van der Waals surface area (Å²) in [5.41, 5.74) is 8.24. The SMILES string of the molecule is NCc1cccc(-c2n[nH]c(=O)c3ccccc23)c1. The molecule has 1 aromatic heterocycles. The van der Waals surface area contributed by atoms with Gasteiger partial charge in [-0.25, -0.2) is 5.10 Å². The van der Waals surface area contributed by atoms with Crippen LogP contribution >= 0.6 is 0 Å². The first kappa shape index (κ1) is 11.6. The molecule has 19 heavy (non-hydrogen) atoms. The Labute approximate surface area is 109 Å². The highest BCUT2D eigenvalue weighted by Crippen LogP contribution is 2.24. The highest BCUT2D eigenvalue weighted by molar-refractivity contribution is 5.93. The second-order valence-electron chi connectivity index (χ2n) is 4.35. The van der Waals surface area contributed by atoms with Crippen molar-refractivity contribution < 1.29 is 0 Å². The summed E-state index contributed by atoms with van der Waals surface area (Å²) in [6, 6.07) is 15.3. The molecule has 0 saturated carbocycles. The molecular formula is C15H13N3O. The number of fused-ring (bicyclic) bond motifs is 1. The summed E-state index contributed by atoms with van der Waals surface area (Å²) in [4.78, 5) is 11.7. The summed E-state index contributed by atoms with van der Waals surface area (Å²) in [7, 11) is 0. The van der Waals surface area contributed by atoms with Crippen LogP contribution in [-0.2, 0) is 6.54 Å². The Balaban J connectivity index is 2.31. The monoisotopic (exact) mass is 251 g/mol. The lowest BCUT2D eigenvalue weighted by molar-refractivity contribution is 1.01. The van der Waals surface area contributed by atoms with Crippen LogP contribution in [0.1, 0.15) is 5.56 Å². The van der Waals surface area contributed by atoms with E-state index in [9.17, 15) is 4.79 Å². The van der Waals surface area contributed by atoms with Gasteiger partial charge < -0.3 is 5.73 Å². The van der Waals surface area contributed by atoms with Crippen molar-refractivity contribution in [3.05, 3.63) is 64.4 Å². The van der Waals surface area contributed by atoms with Crippen molar-refractivity contribution in [3.63, 3.8) is 0 Å². The number of nitrogens with zero attached hydrogens (tertiary/aromatic N) is 1. The molecular weight excluding hydrogens is 238 g/mol. The molecule has 0 bridgehead atoms. The van der Waals surface area contributed by atoms with Gasteiger partial charge in [-0.05, 0) is 17.7 Å². The summed E-state index contributed by atoms with van der Waals surface area (Å²) in [5, 5.41) is 8.21. The highest BCUT2D eigenvalue weighted by atomic mass is 16.1. The molecule has 3 rings (SSSR count). The van der Waals surface area contributed by atoms with Crippen LogP contribution < -0.4 is 11.3 Å². The molecule has 0 aliphatic rings. The fourth-order valence-corrected chi connectivity index (χ4v) is 2.18. The Morgan fingerprint density at radius 3 is 2.63 bits per heavy atom. The van der Waals surface area contributed by atoms with Gasteiger partial charge in [0.2, 0.25) is 0 Å². The predicted octanol–water partition coefficient (Wildman–Crippen LogP) is 2.05. The molecule has 0 aliphatic heterocycles. The maximum absolute atomic E-state index is 11.7. The van der Waals surface area contributed by atoms with Crippen molar-refractivity contribution >= 4 is 10.8 Å². The molecule has 0 saturated heterocycles. The minimum Gasteiger partial charge on any atom is -0.326 e. The van der Waals surface area contributed by atoms with Crippen LogP contribution in [0, 0.1) is 0 Å². The number of aromatic amines is 1. The van der Waals surface area contributed by atoms with E-state index in [1.807, 2.05) is 42.5 Å². The molecule has 0 spiro atoms. The van der Waals surface area contributed by atoms with E-state index in [1.54, 1.807) is 6.07 Å². The smallest absolute Gasteiger partial charge is 0.272 e. The zero-order chi connectivity index (χ0) is 13.2. The first-order valence-corrected chi connectivity index (χ1v) is 6.06. The Kier molecular flexibility index (Phi) is 2.85. The fourth-order valence-electron chi connectivity index (χ4n) is 2.18. The van der Waals surface area contributed by atoms with E-state index >= 15 is 0 Å². The fraction of sp³-hybridized carbons (Fsp3) is 0.0667. The Morgan fingerprint density at radius 2 is 1.84 bits per heavy atom. The molecule has 94 valence electrons. The molecule has 2 aromatic carbocycles. The van der Waals surface area contributed by atoms with Gasteiger partial charge in [-0.3, -0.25) is 4.79 Å². The van der Waals surface area contributed by atoms with Crippen molar-refractivity contribution in [2.75, 3.05) is 0 Å². The Bertz CT molecular complexity index is 792. The molecule has 3 N–H and O–H groups in total. The summed E-state index contributed by atoms with van der Waals surface area (Å²) in [5.74, 6) is 0. The van der Waals surface area contributed by atoms with Gasteiger partial charge >= 0.3 is 0 Å². The third kappa shape index (κ3) is 2.02. The van der Waals surface area contributed by atoms with Gasteiger partial charge in [0.1, 0.15) is 0 Å². The maximum atomic E-state index is 11.7. The normalized spacial score (nSPS) is 10.8. The van der Waals surface area contributed by atoms with Crippen LogP contribution in [0.3, 0.4) is 0 Å². The van der Waals surface area contributed by atoms with Gasteiger partial charge in [0.05, 0.1) is 11.1 Å². The number of nitrogens with two attached hydrogens (primary N) is 1. The zero-order valence-corrected chi connectivity index (χ0v) is 10.3. The number of hydrogen-bond donors (Lipinski definition) is 2. The minimum absolute atomic E-state index is 0.172. The van der Waals surface area contributed by atoms with E-state index in [-0.39, 0.29) is 5.56 Å². The van der Waals surface area contributed by atoms with Gasteiger partial charge in [-0.15, -0.1) is 0 Å². The number of hydrogen-bond acceptors (Lipinski definition) is 3. The van der Waals surface area contributed by atoms with Gasteiger partial charge in [0.15, 0.2) is 0 Å². The average Bonchev–Trinajstić information content (AvgIpc) is 2.48. The van der Waals surface area contributed by atoms with Crippen molar-refractivity contribution in [1.29, 1.82) is 0 Å². The second-order valence-corrected chi connectivity index (χ2v) is 4.35. The second kappa shape index (κ2) is 4.66. The summed E-state index contributed by atoms with van der Waals surface area (Å²) >= 11 is 0. The number of H-pyrrole nitrogens is 1. The summed E-state index contributed by atoms with van der Waals surface area (Å²) in [6.07, 6.45) is 0. The quantitative estimate of drug-likeness (QED) is 0.732. The van der Waals surface area contributed by atoms with Crippen molar-refractivity contribution in [2.24, 2.45) is 5.73 Å². The number of aromatic nitrogens is 2. The van der Waals surface area contributed by atoms with E-state index in [0.717, 1.165) is 22.2 Å². The number of rotatable bonds is 2. The first-order valence-electron chi connectivity index (χ1n) is 6.06. The van der Waals surface area contributed by atoms with E-state index in [1.165, 1.54) is 0 Å². The number of benzene rings is 2. The van der Waals surface area contributed by atoms with Crippen LogP contribution in [0.25, 0.3) is 22.0 Å². The van der Waals surface area contributed by atoms with E-state index in [4.69, 9.17) is 5.73 Å². The zero-order valence-electron chi connectivity index (χ0n) is 10.3. The Hall–Kier alpha value is -2.46. The van der Waals surface area contributed by atoms with Gasteiger partial charge in [-0.2, -0.15) is 5.10 Å². The molecule has 4 nitrogen and oxygen atoms in total. The van der Waals surface area contributed by atoms with Crippen LogP contribution in [0.2, 0.25) is 0 Å². The molecule has 0 amide bonds. The topological polar surface area (TPSA) is 71.8 Å². The molecule has 1 heterocycles. The minimum atomic E-state index is -0.172. The van der Waals surface area contributed by atoms with Gasteiger partial charge in [-0.1, -0.05) is 36.4 Å². The van der Waals surface area contributed by atoms with Crippen molar-refractivity contribution in [1.82, 2.24) is 10.2 Å². The number of nitrogens with one attached hydrogen (secondary N) is 1. The van der Waals surface area contributed by atoms with Crippen LogP contribution in [0.4, 0.5) is 0 Å². The average molecular weight is 251 g/mol. The van der Waals surface area contributed by atoms with E-state index in [2.05, 4.69) is 10.2 Å². The maximum Gasteiger partial charge on any atom is 0.272 e. The summed E-state index contributed by atoms with van der Waals surface area (Å²) < 4.78 is 0. The molecule has 0 atom stereocenters. The molecule has 3 aromatic rings. The van der Waals surface area contributed by atoms with Crippen LogP contribution in [-0.4, -0.2) is 10.2 Å². The molecule has 0 aliphatic carbocycles. The third-order valence-electron chi connectivity index (χ3n) is 3.13. The molecule has 4 heteroatoms. The molecule has 0 unspecified atom stereocenters. The lowest BCUT2D eigenvalue weighted by Gasteiger charge is -2.06. The van der Waals surface area contributed by atoms with Crippen molar-refractivity contribution in [3.8, 4) is 11.3 Å². The lowest BCUT2D eigenvalue weighted by Crippen LogP contribution is -2.09. The highest BCUT2D eigenvalue weighted by Gasteiger charge is 2.08. The van der Waals surface area contributed by atoms with E-state index < -0.39 is 0 Å². The first-order chi connectivity index (χ1) is 9.29. The van der Waals surface area contributed by atoms with E-state index in [0.29, 0.717) is 11.9 Å². The van der Waals surface area contributed by atoms with Crippen LogP contribution in [0.15, 0.2) is 53.3 Å². The molecule has 0 radical (unpaired) electrons.